The van der Waals surface area contributed by atoms with Gasteiger partial charge in [0.05, 0.1) is 0 Å². The molecule has 0 bridgehead atoms. The predicted octanol–water partition coefficient (Wildman–Crippen LogP) is 1.70. The lowest BCUT2D eigenvalue weighted by molar-refractivity contribution is -0.118. The molecule has 1 aromatic rings. The van der Waals surface area contributed by atoms with Crippen LogP contribution in [-0.4, -0.2) is 43.0 Å². The van der Waals surface area contributed by atoms with Gasteiger partial charge >= 0.3 is 0 Å². The second-order valence-electron chi connectivity index (χ2n) is 5.04. The molecule has 1 aromatic heterocycles. The van der Waals surface area contributed by atoms with Crippen LogP contribution in [0.15, 0.2) is 18.3 Å². The van der Waals surface area contributed by atoms with Gasteiger partial charge in [0.1, 0.15) is 5.82 Å². The Morgan fingerprint density at radius 1 is 1.39 bits per heavy atom. The Kier molecular flexibility index (Phi) is 4.31. The number of carbonyl (C=O) groups is 1. The van der Waals surface area contributed by atoms with E-state index in [0.717, 1.165) is 38.2 Å². The average Bonchev–Trinajstić information content (AvgIpc) is 2.49. The van der Waals surface area contributed by atoms with Crippen molar-refractivity contribution in [3.05, 3.63) is 23.9 Å². The molecule has 98 valence electrons. The lowest BCUT2D eigenvalue weighted by atomic mass is 10.1. The third kappa shape index (κ3) is 3.07. The van der Waals surface area contributed by atoms with Gasteiger partial charge in [-0.2, -0.15) is 0 Å². The number of anilines is 1. The Hall–Kier alpha value is -1.42. The fourth-order valence-corrected chi connectivity index (χ4v) is 2.33. The molecule has 0 saturated heterocycles. The van der Waals surface area contributed by atoms with Crippen molar-refractivity contribution in [2.45, 2.75) is 25.7 Å². The molecule has 4 nitrogen and oxygen atoms in total. The van der Waals surface area contributed by atoms with E-state index < -0.39 is 0 Å². The van der Waals surface area contributed by atoms with Crippen molar-refractivity contribution in [1.82, 2.24) is 9.88 Å². The van der Waals surface area contributed by atoms with Gasteiger partial charge in [-0.05, 0) is 51.5 Å². The smallest absolute Gasteiger partial charge is 0.228 e. The molecule has 18 heavy (non-hydrogen) atoms. The Balaban J connectivity index is 2.13. The lowest BCUT2D eigenvalue weighted by Gasteiger charge is -2.22. The number of aromatic nitrogens is 1. The van der Waals surface area contributed by atoms with Gasteiger partial charge in [-0.15, -0.1) is 0 Å². The molecule has 0 spiro atoms. The van der Waals surface area contributed by atoms with E-state index in [1.807, 2.05) is 11.0 Å². The van der Waals surface area contributed by atoms with Crippen LogP contribution in [0.4, 0.5) is 5.82 Å². The number of aryl methyl sites for hydroxylation is 1. The Morgan fingerprint density at radius 2 is 2.22 bits per heavy atom. The maximum Gasteiger partial charge on any atom is 0.228 e. The predicted molar refractivity (Wildman–Crippen MR) is 72.7 cm³/mol. The average molecular weight is 247 g/mol. The second-order valence-corrected chi connectivity index (χ2v) is 5.04. The molecule has 0 aromatic carbocycles. The number of hydrogen-bond donors (Lipinski definition) is 0. The van der Waals surface area contributed by atoms with E-state index in [2.05, 4.69) is 30.0 Å². The van der Waals surface area contributed by atoms with E-state index in [4.69, 9.17) is 0 Å². The van der Waals surface area contributed by atoms with E-state index in [1.165, 1.54) is 5.56 Å². The van der Waals surface area contributed by atoms with E-state index in [-0.39, 0.29) is 5.91 Å². The van der Waals surface area contributed by atoms with Crippen molar-refractivity contribution >= 4 is 11.7 Å². The topological polar surface area (TPSA) is 36.4 Å². The Labute approximate surface area is 109 Å². The van der Waals surface area contributed by atoms with Gasteiger partial charge in [-0.3, -0.25) is 9.69 Å². The molecule has 4 heteroatoms. The Morgan fingerprint density at radius 3 is 3.00 bits per heavy atom. The zero-order valence-electron chi connectivity index (χ0n) is 11.2. The molecule has 0 N–H and O–H groups in total. The molecule has 0 unspecified atom stereocenters. The standard InChI is InChI=1S/C14H21N3O/c1-16(2)10-5-11-17-13(18)8-3-6-12-7-4-9-15-14(12)17/h4,7,9H,3,5-6,8,10-11H2,1-2H3. The third-order valence-electron chi connectivity index (χ3n) is 3.25. The van der Waals surface area contributed by atoms with Crippen LogP contribution in [0.3, 0.4) is 0 Å². The Bertz CT molecular complexity index is 417. The number of nitrogens with zero attached hydrogens (tertiary/aromatic N) is 3. The number of amides is 1. The molecular weight excluding hydrogens is 226 g/mol. The number of rotatable bonds is 4. The molecule has 1 amide bonds. The van der Waals surface area contributed by atoms with Gasteiger partial charge in [-0.1, -0.05) is 6.07 Å². The normalized spacial score (nSPS) is 15.7. The van der Waals surface area contributed by atoms with E-state index in [0.29, 0.717) is 6.42 Å². The van der Waals surface area contributed by atoms with Crippen LogP contribution in [0.5, 0.6) is 0 Å². The van der Waals surface area contributed by atoms with Crippen molar-refractivity contribution in [2.24, 2.45) is 0 Å². The molecule has 0 radical (unpaired) electrons. The summed E-state index contributed by atoms with van der Waals surface area (Å²) in [5.74, 6) is 1.09. The summed E-state index contributed by atoms with van der Waals surface area (Å²) in [5, 5.41) is 0. The summed E-state index contributed by atoms with van der Waals surface area (Å²) < 4.78 is 0. The molecule has 1 aliphatic heterocycles. The first kappa shape index (κ1) is 13.0. The summed E-state index contributed by atoms with van der Waals surface area (Å²) in [6.45, 7) is 1.76. The highest BCUT2D eigenvalue weighted by Crippen LogP contribution is 2.24. The van der Waals surface area contributed by atoms with Crippen molar-refractivity contribution in [2.75, 3.05) is 32.1 Å². The van der Waals surface area contributed by atoms with Crippen LogP contribution in [0, 0.1) is 0 Å². The zero-order chi connectivity index (χ0) is 13.0. The first-order valence-corrected chi connectivity index (χ1v) is 6.57. The van der Waals surface area contributed by atoms with Crippen LogP contribution in [0.25, 0.3) is 0 Å². The SMILES string of the molecule is CN(C)CCCN1C(=O)CCCc2cccnc21. The van der Waals surface area contributed by atoms with Gasteiger partial charge in [0, 0.05) is 19.2 Å². The monoisotopic (exact) mass is 247 g/mol. The number of fused-ring (bicyclic) bond motifs is 1. The highest BCUT2D eigenvalue weighted by Gasteiger charge is 2.22. The van der Waals surface area contributed by atoms with Crippen LogP contribution in [-0.2, 0) is 11.2 Å². The van der Waals surface area contributed by atoms with Crippen molar-refractivity contribution in [3.8, 4) is 0 Å². The van der Waals surface area contributed by atoms with E-state index >= 15 is 0 Å². The molecule has 2 rings (SSSR count). The van der Waals surface area contributed by atoms with Crippen molar-refractivity contribution in [3.63, 3.8) is 0 Å². The zero-order valence-corrected chi connectivity index (χ0v) is 11.2. The molecule has 2 heterocycles. The highest BCUT2D eigenvalue weighted by atomic mass is 16.2. The minimum absolute atomic E-state index is 0.214. The summed E-state index contributed by atoms with van der Waals surface area (Å²) in [5.41, 5.74) is 1.20. The quantitative estimate of drug-likeness (QED) is 0.812. The van der Waals surface area contributed by atoms with Gasteiger partial charge in [-0.25, -0.2) is 4.98 Å². The molecular formula is C14H21N3O. The number of pyridine rings is 1. The molecule has 0 atom stereocenters. The summed E-state index contributed by atoms with van der Waals surface area (Å²) >= 11 is 0. The summed E-state index contributed by atoms with van der Waals surface area (Å²) in [6, 6.07) is 4.03. The lowest BCUT2D eigenvalue weighted by Crippen LogP contribution is -2.33. The number of hydrogen-bond acceptors (Lipinski definition) is 3. The maximum atomic E-state index is 12.1. The highest BCUT2D eigenvalue weighted by molar-refractivity contribution is 5.93. The van der Waals surface area contributed by atoms with Gasteiger partial charge in [0.2, 0.25) is 5.91 Å². The minimum Gasteiger partial charge on any atom is -0.309 e. The minimum atomic E-state index is 0.214. The van der Waals surface area contributed by atoms with Gasteiger partial charge < -0.3 is 4.90 Å². The first-order valence-electron chi connectivity index (χ1n) is 6.57. The van der Waals surface area contributed by atoms with Crippen LogP contribution in [0.1, 0.15) is 24.8 Å². The fraction of sp³-hybridized carbons (Fsp3) is 0.571. The van der Waals surface area contributed by atoms with Crippen LogP contribution >= 0.6 is 0 Å². The first-order chi connectivity index (χ1) is 8.68. The van der Waals surface area contributed by atoms with E-state index in [9.17, 15) is 4.79 Å². The van der Waals surface area contributed by atoms with Crippen molar-refractivity contribution in [1.29, 1.82) is 0 Å². The molecule has 0 saturated carbocycles. The third-order valence-corrected chi connectivity index (χ3v) is 3.25. The van der Waals surface area contributed by atoms with Gasteiger partial charge in [0.15, 0.2) is 0 Å². The van der Waals surface area contributed by atoms with Gasteiger partial charge in [0.25, 0.3) is 0 Å². The molecule has 1 aliphatic rings. The largest absolute Gasteiger partial charge is 0.309 e. The van der Waals surface area contributed by atoms with E-state index in [1.54, 1.807) is 6.20 Å². The number of carbonyl (C=O) groups excluding carboxylic acids is 1. The fourth-order valence-electron chi connectivity index (χ4n) is 2.33. The molecule has 0 aliphatic carbocycles. The molecule has 0 fully saturated rings. The second kappa shape index (κ2) is 5.96. The van der Waals surface area contributed by atoms with Crippen LogP contribution < -0.4 is 4.90 Å². The summed E-state index contributed by atoms with van der Waals surface area (Å²) in [7, 11) is 4.10. The summed E-state index contributed by atoms with van der Waals surface area (Å²) in [6.07, 6.45) is 5.28. The summed E-state index contributed by atoms with van der Waals surface area (Å²) in [4.78, 5) is 20.5. The maximum absolute atomic E-state index is 12.1. The van der Waals surface area contributed by atoms with Crippen molar-refractivity contribution < 1.29 is 4.79 Å². The van der Waals surface area contributed by atoms with Crippen LogP contribution in [0.2, 0.25) is 0 Å².